The smallest absolute Gasteiger partial charge is 0.261 e. The molecule has 26 heavy (non-hydrogen) atoms. The van der Waals surface area contributed by atoms with Gasteiger partial charge in [-0.2, -0.15) is 0 Å². The lowest BCUT2D eigenvalue weighted by molar-refractivity contribution is -0.136. The third-order valence-electron chi connectivity index (χ3n) is 4.31. The molecular weight excluding hydrogens is 422 g/mol. The van der Waals surface area contributed by atoms with Crippen LogP contribution in [0.4, 0.5) is 0 Å². The molecule has 3 rings (SSSR count). The van der Waals surface area contributed by atoms with Gasteiger partial charge in [0.15, 0.2) is 21.1 Å². The molecule has 1 aliphatic heterocycles. The summed E-state index contributed by atoms with van der Waals surface area (Å²) in [7, 11) is -3.11. The predicted molar refractivity (Wildman–Crippen MR) is 101 cm³/mol. The number of rotatable bonds is 6. The van der Waals surface area contributed by atoms with Crippen LogP contribution in [0.1, 0.15) is 17.7 Å². The first-order chi connectivity index (χ1) is 12.3. The molecule has 1 aromatic carbocycles. The predicted octanol–water partition coefficient (Wildman–Crippen LogP) is 2.95. The highest BCUT2D eigenvalue weighted by atomic mass is 79.9. The van der Waals surface area contributed by atoms with E-state index in [4.69, 9.17) is 9.15 Å². The Hall–Kier alpha value is -1.80. The molecule has 1 fully saturated rings. The highest BCUT2D eigenvalue weighted by Gasteiger charge is 2.35. The topological polar surface area (TPSA) is 76.8 Å². The Morgan fingerprint density at radius 1 is 1.27 bits per heavy atom. The largest absolute Gasteiger partial charge is 0.484 e. The van der Waals surface area contributed by atoms with Crippen LogP contribution in [0, 0.1) is 6.92 Å². The molecule has 0 N–H and O–H groups in total. The zero-order valence-electron chi connectivity index (χ0n) is 14.4. The van der Waals surface area contributed by atoms with Crippen LogP contribution in [0.15, 0.2) is 45.5 Å². The van der Waals surface area contributed by atoms with Crippen molar-refractivity contribution in [2.24, 2.45) is 0 Å². The second-order valence-electron chi connectivity index (χ2n) is 6.39. The van der Waals surface area contributed by atoms with E-state index >= 15 is 0 Å². The maximum atomic E-state index is 12.7. The third-order valence-corrected chi connectivity index (χ3v) is 6.48. The Kier molecular flexibility index (Phi) is 5.72. The average molecular weight is 442 g/mol. The van der Waals surface area contributed by atoms with Crippen LogP contribution in [-0.4, -0.2) is 43.4 Å². The first kappa shape index (κ1) is 19.0. The minimum atomic E-state index is -3.11. The molecule has 140 valence electrons. The number of carbonyl (C=O) groups is 1. The number of hydrogen-bond donors (Lipinski definition) is 0. The first-order valence-electron chi connectivity index (χ1n) is 8.26. The number of sulfone groups is 1. The van der Waals surface area contributed by atoms with Crippen LogP contribution in [0.2, 0.25) is 0 Å². The fourth-order valence-electron chi connectivity index (χ4n) is 2.91. The van der Waals surface area contributed by atoms with Crippen molar-refractivity contribution >= 4 is 31.7 Å². The van der Waals surface area contributed by atoms with E-state index < -0.39 is 9.84 Å². The number of carbonyl (C=O) groups excluding carboxylic acids is 1. The van der Waals surface area contributed by atoms with E-state index in [2.05, 4.69) is 15.9 Å². The summed E-state index contributed by atoms with van der Waals surface area (Å²) in [6.07, 6.45) is 0.431. The summed E-state index contributed by atoms with van der Waals surface area (Å²) in [5, 5.41) is 0. The maximum absolute atomic E-state index is 12.7. The summed E-state index contributed by atoms with van der Waals surface area (Å²) < 4.78 is 35.3. The van der Waals surface area contributed by atoms with E-state index in [9.17, 15) is 13.2 Å². The van der Waals surface area contributed by atoms with Crippen LogP contribution in [-0.2, 0) is 21.2 Å². The van der Waals surface area contributed by atoms with Crippen molar-refractivity contribution in [3.05, 3.63) is 52.4 Å². The molecule has 0 radical (unpaired) electrons. The minimum absolute atomic E-state index is 0.0227. The second kappa shape index (κ2) is 7.84. The van der Waals surface area contributed by atoms with Gasteiger partial charge in [-0.15, -0.1) is 0 Å². The fourth-order valence-corrected chi connectivity index (χ4v) is 4.98. The summed E-state index contributed by atoms with van der Waals surface area (Å²) in [5.41, 5.74) is 1.10. The van der Waals surface area contributed by atoms with E-state index in [1.165, 1.54) is 0 Å². The molecule has 0 bridgehead atoms. The van der Waals surface area contributed by atoms with E-state index in [0.29, 0.717) is 22.6 Å². The molecule has 0 saturated carbocycles. The van der Waals surface area contributed by atoms with E-state index in [0.717, 1.165) is 5.56 Å². The molecule has 2 heterocycles. The molecule has 0 unspecified atom stereocenters. The first-order valence-corrected chi connectivity index (χ1v) is 10.9. The molecule has 1 aromatic heterocycles. The molecule has 2 aromatic rings. The highest BCUT2D eigenvalue weighted by molar-refractivity contribution is 9.10. The van der Waals surface area contributed by atoms with E-state index in [1.807, 2.05) is 19.1 Å². The Morgan fingerprint density at radius 2 is 2.00 bits per heavy atom. The van der Waals surface area contributed by atoms with Crippen molar-refractivity contribution in [2.45, 2.75) is 25.9 Å². The Bertz CT molecular complexity index is 875. The Morgan fingerprint density at radius 3 is 2.58 bits per heavy atom. The van der Waals surface area contributed by atoms with Gasteiger partial charge in [-0.3, -0.25) is 4.79 Å². The zero-order chi connectivity index (χ0) is 18.7. The zero-order valence-corrected chi connectivity index (χ0v) is 16.8. The van der Waals surface area contributed by atoms with Crippen LogP contribution in [0.5, 0.6) is 5.75 Å². The highest BCUT2D eigenvalue weighted by Crippen LogP contribution is 2.23. The van der Waals surface area contributed by atoms with Crippen LogP contribution in [0.25, 0.3) is 0 Å². The molecule has 1 saturated heterocycles. The van der Waals surface area contributed by atoms with Crippen molar-refractivity contribution < 1.29 is 22.4 Å². The lowest BCUT2D eigenvalue weighted by Gasteiger charge is -2.27. The fraction of sp³-hybridized carbons (Fsp3) is 0.389. The van der Waals surface area contributed by atoms with E-state index in [-0.39, 0.29) is 36.6 Å². The second-order valence-corrected chi connectivity index (χ2v) is 9.40. The number of furan rings is 1. The number of nitrogens with zero attached hydrogens (tertiary/aromatic N) is 1. The van der Waals surface area contributed by atoms with Gasteiger partial charge in [0, 0.05) is 6.04 Å². The van der Waals surface area contributed by atoms with Crippen molar-refractivity contribution in [1.82, 2.24) is 4.90 Å². The minimum Gasteiger partial charge on any atom is -0.484 e. The molecule has 0 spiro atoms. The van der Waals surface area contributed by atoms with Crippen molar-refractivity contribution in [3.63, 3.8) is 0 Å². The van der Waals surface area contributed by atoms with Gasteiger partial charge in [0.2, 0.25) is 0 Å². The summed E-state index contributed by atoms with van der Waals surface area (Å²) in [5.74, 6) is 1.00. The quantitative estimate of drug-likeness (QED) is 0.688. The summed E-state index contributed by atoms with van der Waals surface area (Å²) in [6, 6.07) is 10.6. The molecular formula is C18H20BrNO5S. The van der Waals surface area contributed by atoms with Gasteiger partial charge in [0.05, 0.1) is 18.1 Å². The van der Waals surface area contributed by atoms with Gasteiger partial charge < -0.3 is 14.1 Å². The summed E-state index contributed by atoms with van der Waals surface area (Å²) in [6.45, 7) is 2.03. The van der Waals surface area contributed by atoms with Crippen molar-refractivity contribution in [3.8, 4) is 5.75 Å². The molecule has 1 aliphatic rings. The van der Waals surface area contributed by atoms with Crippen molar-refractivity contribution in [1.29, 1.82) is 0 Å². The maximum Gasteiger partial charge on any atom is 0.261 e. The monoisotopic (exact) mass is 441 g/mol. The lowest BCUT2D eigenvalue weighted by Crippen LogP contribution is -2.43. The van der Waals surface area contributed by atoms with Gasteiger partial charge in [-0.25, -0.2) is 8.42 Å². The van der Waals surface area contributed by atoms with Crippen LogP contribution < -0.4 is 4.74 Å². The van der Waals surface area contributed by atoms with Gasteiger partial charge in [-0.1, -0.05) is 17.7 Å². The number of aryl methyl sites for hydroxylation is 1. The molecule has 8 heteroatoms. The van der Waals surface area contributed by atoms with Gasteiger partial charge in [-0.05, 0) is 53.5 Å². The standard InChI is InChI=1S/C18H20BrNO5S/c1-13-2-4-15(5-3-13)24-11-18(21)20(10-16-6-7-17(19)25-16)14-8-9-26(22,23)12-14/h2-7,14H,8-12H2,1H3/t14-/m1/s1. The lowest BCUT2D eigenvalue weighted by atomic mass is 10.2. The number of benzene rings is 1. The molecule has 0 aliphatic carbocycles. The Balaban J connectivity index is 1.71. The summed E-state index contributed by atoms with van der Waals surface area (Å²) in [4.78, 5) is 14.3. The number of hydrogen-bond acceptors (Lipinski definition) is 5. The number of ether oxygens (including phenoxy) is 1. The summed E-state index contributed by atoms with van der Waals surface area (Å²) >= 11 is 3.24. The van der Waals surface area contributed by atoms with Gasteiger partial charge in [0.1, 0.15) is 11.5 Å². The molecule has 1 amide bonds. The van der Waals surface area contributed by atoms with Crippen LogP contribution >= 0.6 is 15.9 Å². The Labute approximate surface area is 161 Å². The third kappa shape index (κ3) is 4.88. The normalized spacial score (nSPS) is 18.6. The SMILES string of the molecule is Cc1ccc(OCC(=O)N(Cc2ccc(Br)o2)[C@@H]2CCS(=O)(=O)C2)cc1. The van der Waals surface area contributed by atoms with Crippen molar-refractivity contribution in [2.75, 3.05) is 18.1 Å². The van der Waals surface area contributed by atoms with Gasteiger partial charge in [0.25, 0.3) is 5.91 Å². The van der Waals surface area contributed by atoms with Crippen LogP contribution in [0.3, 0.4) is 0 Å². The molecule has 6 nitrogen and oxygen atoms in total. The molecule has 1 atom stereocenters. The van der Waals surface area contributed by atoms with E-state index in [1.54, 1.807) is 29.2 Å². The average Bonchev–Trinajstić information content (AvgIpc) is 3.16. The number of amides is 1. The number of halogens is 1. The van der Waals surface area contributed by atoms with Gasteiger partial charge >= 0.3 is 0 Å².